The lowest BCUT2D eigenvalue weighted by Crippen LogP contribution is -2.43. The molecular weight excluding hydrogens is 218 g/mol. The Hall–Kier alpha value is -0.980. The largest absolute Gasteiger partial charge is 0.381 e. The number of hydrogen-bond acceptors (Lipinski definition) is 5. The molecule has 2 heterocycles. The molecule has 0 radical (unpaired) electrons. The van der Waals surface area contributed by atoms with Gasteiger partial charge in [0.15, 0.2) is 0 Å². The highest BCUT2D eigenvalue weighted by Gasteiger charge is 2.26. The Bertz CT molecular complexity index is 334. The molecule has 3 N–H and O–H groups in total. The first-order valence-corrected chi connectivity index (χ1v) is 6.25. The summed E-state index contributed by atoms with van der Waals surface area (Å²) in [5, 5.41) is 4.23. The molecule has 0 amide bonds. The van der Waals surface area contributed by atoms with Gasteiger partial charge in [-0.05, 0) is 12.8 Å². The molecule has 17 heavy (non-hydrogen) atoms. The van der Waals surface area contributed by atoms with Crippen molar-refractivity contribution in [2.45, 2.75) is 38.8 Å². The zero-order valence-electron chi connectivity index (χ0n) is 10.3. The van der Waals surface area contributed by atoms with Gasteiger partial charge in [-0.1, -0.05) is 6.92 Å². The Labute approximate surface area is 102 Å². The summed E-state index contributed by atoms with van der Waals surface area (Å²) >= 11 is 0. The summed E-state index contributed by atoms with van der Waals surface area (Å²) in [6.45, 7) is 4.67. The van der Waals surface area contributed by atoms with E-state index >= 15 is 0 Å². The van der Waals surface area contributed by atoms with E-state index < -0.39 is 0 Å². The average molecular weight is 239 g/mol. The highest BCUT2D eigenvalue weighted by molar-refractivity contribution is 4.92. The van der Waals surface area contributed by atoms with E-state index in [2.05, 4.69) is 22.4 Å². The van der Waals surface area contributed by atoms with Crippen molar-refractivity contribution < 1.29 is 4.74 Å². The number of aromatic nitrogens is 3. The molecule has 96 valence electrons. The smallest absolute Gasteiger partial charge is 0.138 e. The summed E-state index contributed by atoms with van der Waals surface area (Å²) in [6, 6.07) is 0.220. The molecule has 1 aliphatic rings. The number of aryl methyl sites for hydroxylation is 1. The average Bonchev–Trinajstić information content (AvgIpc) is 2.97. The van der Waals surface area contributed by atoms with Crippen molar-refractivity contribution in [2.75, 3.05) is 13.2 Å². The molecule has 2 rings (SSSR count). The van der Waals surface area contributed by atoms with E-state index in [1.807, 2.05) is 4.68 Å². The topological polar surface area (TPSA) is 78.0 Å². The molecule has 2 atom stereocenters. The quantitative estimate of drug-likeness (QED) is 0.544. The Kier molecular flexibility index (Phi) is 4.47. The number of rotatable bonds is 6. The Balaban J connectivity index is 1.99. The number of hydrazine groups is 1. The number of nitrogens with one attached hydrogen (secondary N) is 1. The monoisotopic (exact) mass is 239 g/mol. The lowest BCUT2D eigenvalue weighted by atomic mass is 9.96. The molecule has 0 spiro atoms. The minimum atomic E-state index is 0.220. The molecule has 6 heteroatoms. The van der Waals surface area contributed by atoms with Crippen molar-refractivity contribution in [3.63, 3.8) is 0 Å². The van der Waals surface area contributed by atoms with Gasteiger partial charge in [-0.15, -0.1) is 0 Å². The van der Waals surface area contributed by atoms with E-state index in [0.29, 0.717) is 5.92 Å². The highest BCUT2D eigenvalue weighted by Crippen LogP contribution is 2.18. The van der Waals surface area contributed by atoms with Crippen LogP contribution in [0.5, 0.6) is 0 Å². The fourth-order valence-corrected chi connectivity index (χ4v) is 2.27. The summed E-state index contributed by atoms with van der Waals surface area (Å²) in [7, 11) is 0. The van der Waals surface area contributed by atoms with Gasteiger partial charge < -0.3 is 4.74 Å². The van der Waals surface area contributed by atoms with Gasteiger partial charge in [-0.2, -0.15) is 5.10 Å². The Morgan fingerprint density at radius 3 is 3.24 bits per heavy atom. The van der Waals surface area contributed by atoms with E-state index in [1.54, 1.807) is 6.33 Å². The third-order valence-corrected chi connectivity index (χ3v) is 3.28. The van der Waals surface area contributed by atoms with Gasteiger partial charge >= 0.3 is 0 Å². The third kappa shape index (κ3) is 3.02. The maximum atomic E-state index is 5.63. The molecule has 1 saturated heterocycles. The Morgan fingerprint density at radius 2 is 2.59 bits per heavy atom. The first-order valence-electron chi connectivity index (χ1n) is 6.25. The summed E-state index contributed by atoms with van der Waals surface area (Å²) in [4.78, 5) is 4.31. The molecule has 1 aromatic heterocycles. The molecule has 1 fully saturated rings. The van der Waals surface area contributed by atoms with Crippen molar-refractivity contribution in [1.82, 2.24) is 20.2 Å². The molecule has 0 aliphatic carbocycles. The Morgan fingerprint density at radius 1 is 1.71 bits per heavy atom. The third-order valence-electron chi connectivity index (χ3n) is 3.28. The minimum Gasteiger partial charge on any atom is -0.381 e. The van der Waals surface area contributed by atoms with E-state index in [9.17, 15) is 0 Å². The molecule has 0 aromatic carbocycles. The van der Waals surface area contributed by atoms with Gasteiger partial charge in [-0.3, -0.25) is 16.0 Å². The van der Waals surface area contributed by atoms with Gasteiger partial charge in [0.1, 0.15) is 12.2 Å². The van der Waals surface area contributed by atoms with Crippen molar-refractivity contribution in [3.05, 3.63) is 12.2 Å². The predicted molar refractivity (Wildman–Crippen MR) is 64.1 cm³/mol. The number of nitrogens with zero attached hydrogens (tertiary/aromatic N) is 3. The molecular formula is C11H21N5O. The lowest BCUT2D eigenvalue weighted by Gasteiger charge is -2.21. The van der Waals surface area contributed by atoms with Crippen LogP contribution in [0.2, 0.25) is 0 Å². The first kappa shape index (κ1) is 12.5. The predicted octanol–water partition coefficient (Wildman–Crippen LogP) is 0.0990. The van der Waals surface area contributed by atoms with E-state index in [1.165, 1.54) is 0 Å². The second kappa shape index (κ2) is 6.09. The molecule has 6 nitrogen and oxygen atoms in total. The van der Waals surface area contributed by atoms with Gasteiger partial charge in [0.2, 0.25) is 0 Å². The summed E-state index contributed by atoms with van der Waals surface area (Å²) in [5.41, 5.74) is 2.89. The lowest BCUT2D eigenvalue weighted by molar-refractivity contribution is 0.176. The fraction of sp³-hybridized carbons (Fsp3) is 0.818. The summed E-state index contributed by atoms with van der Waals surface area (Å²) in [5.74, 6) is 7.11. The van der Waals surface area contributed by atoms with Crippen molar-refractivity contribution >= 4 is 0 Å². The minimum absolute atomic E-state index is 0.220. The van der Waals surface area contributed by atoms with Crippen LogP contribution < -0.4 is 11.3 Å². The maximum Gasteiger partial charge on any atom is 0.138 e. The van der Waals surface area contributed by atoms with Crippen LogP contribution in [0.15, 0.2) is 6.33 Å². The summed E-state index contributed by atoms with van der Waals surface area (Å²) < 4.78 is 7.36. The molecule has 0 bridgehead atoms. The SMILES string of the molecule is CCCn1ncnc1CC(NN)C1CCOC1. The molecule has 0 saturated carbocycles. The van der Waals surface area contributed by atoms with Crippen LogP contribution in [0.3, 0.4) is 0 Å². The maximum absolute atomic E-state index is 5.63. The number of hydrogen-bond donors (Lipinski definition) is 2. The standard InChI is InChI=1S/C11H21N5O/c1-2-4-16-11(13-8-14-16)6-10(15-12)9-3-5-17-7-9/h8-10,15H,2-7,12H2,1H3. The summed E-state index contributed by atoms with van der Waals surface area (Å²) in [6.07, 6.45) is 4.55. The normalized spacial score (nSPS) is 21.9. The van der Waals surface area contributed by atoms with Gasteiger partial charge in [0.05, 0.1) is 6.61 Å². The highest BCUT2D eigenvalue weighted by atomic mass is 16.5. The molecule has 1 aliphatic heterocycles. The second-order valence-electron chi connectivity index (χ2n) is 4.50. The van der Waals surface area contributed by atoms with E-state index in [4.69, 9.17) is 10.6 Å². The van der Waals surface area contributed by atoms with E-state index in [-0.39, 0.29) is 6.04 Å². The number of ether oxygens (including phenoxy) is 1. The van der Waals surface area contributed by atoms with Crippen LogP contribution in [0.1, 0.15) is 25.6 Å². The number of nitrogens with two attached hydrogens (primary N) is 1. The fourth-order valence-electron chi connectivity index (χ4n) is 2.27. The second-order valence-corrected chi connectivity index (χ2v) is 4.50. The van der Waals surface area contributed by atoms with Crippen LogP contribution >= 0.6 is 0 Å². The van der Waals surface area contributed by atoms with Crippen LogP contribution in [-0.2, 0) is 17.7 Å². The van der Waals surface area contributed by atoms with Crippen LogP contribution in [0.4, 0.5) is 0 Å². The van der Waals surface area contributed by atoms with Crippen molar-refractivity contribution in [2.24, 2.45) is 11.8 Å². The van der Waals surface area contributed by atoms with Crippen LogP contribution in [0.25, 0.3) is 0 Å². The van der Waals surface area contributed by atoms with Gasteiger partial charge in [0.25, 0.3) is 0 Å². The van der Waals surface area contributed by atoms with Crippen molar-refractivity contribution in [3.8, 4) is 0 Å². The van der Waals surface area contributed by atoms with Gasteiger partial charge in [-0.25, -0.2) is 4.98 Å². The molecule has 1 aromatic rings. The van der Waals surface area contributed by atoms with Crippen LogP contribution in [0, 0.1) is 5.92 Å². The van der Waals surface area contributed by atoms with E-state index in [0.717, 1.165) is 44.8 Å². The van der Waals surface area contributed by atoms with Crippen molar-refractivity contribution in [1.29, 1.82) is 0 Å². The zero-order valence-corrected chi connectivity index (χ0v) is 10.3. The zero-order chi connectivity index (χ0) is 12.1. The first-order chi connectivity index (χ1) is 8.35. The van der Waals surface area contributed by atoms with Crippen LogP contribution in [-0.4, -0.2) is 34.0 Å². The molecule has 2 unspecified atom stereocenters. The van der Waals surface area contributed by atoms with Gasteiger partial charge in [0, 0.05) is 31.5 Å².